The monoisotopic (exact) mass is 327 g/mol. The van der Waals surface area contributed by atoms with Crippen molar-refractivity contribution >= 4 is 26.8 Å². The Morgan fingerprint density at radius 3 is 2.80 bits per heavy atom. The second kappa shape index (κ2) is 6.06. The van der Waals surface area contributed by atoms with Crippen LogP contribution in [0.4, 0.5) is 0 Å². The molecule has 0 aliphatic heterocycles. The molecule has 2 aromatic carbocycles. The Morgan fingerprint density at radius 2 is 1.90 bits per heavy atom. The molecule has 0 atom stereocenters. The maximum absolute atomic E-state index is 5.89. The summed E-state index contributed by atoms with van der Waals surface area (Å²) in [5.41, 5.74) is 3.37. The zero-order chi connectivity index (χ0) is 13.8. The van der Waals surface area contributed by atoms with Crippen molar-refractivity contribution in [3.63, 3.8) is 0 Å². The fraction of sp³-hybridized carbons (Fsp3) is 0.118. The molecule has 3 rings (SSSR count). The topological polar surface area (TPSA) is 22.1 Å². The van der Waals surface area contributed by atoms with E-state index >= 15 is 0 Å². The molecule has 0 saturated carbocycles. The molecule has 1 aromatic heterocycles. The lowest BCUT2D eigenvalue weighted by atomic mass is 10.1. The highest BCUT2D eigenvalue weighted by Crippen LogP contribution is 2.20. The number of fused-ring (bicyclic) bond motifs is 1. The number of pyridine rings is 1. The first-order chi connectivity index (χ1) is 9.86. The second-order valence-electron chi connectivity index (χ2n) is 4.56. The highest BCUT2D eigenvalue weighted by molar-refractivity contribution is 9.08. The normalized spacial score (nSPS) is 10.7. The first kappa shape index (κ1) is 13.1. The summed E-state index contributed by atoms with van der Waals surface area (Å²) in [7, 11) is 0. The van der Waals surface area contributed by atoms with Crippen molar-refractivity contribution < 1.29 is 4.74 Å². The molecule has 0 radical (unpaired) electrons. The van der Waals surface area contributed by atoms with Gasteiger partial charge in [0.25, 0.3) is 0 Å². The zero-order valence-corrected chi connectivity index (χ0v) is 12.5. The van der Waals surface area contributed by atoms with Crippen molar-refractivity contribution in [1.82, 2.24) is 4.98 Å². The van der Waals surface area contributed by atoms with Gasteiger partial charge in [0.1, 0.15) is 12.4 Å². The summed E-state index contributed by atoms with van der Waals surface area (Å²) in [4.78, 5) is 4.36. The Balaban J connectivity index is 1.83. The van der Waals surface area contributed by atoms with Gasteiger partial charge in [-0.05, 0) is 29.8 Å². The van der Waals surface area contributed by atoms with Crippen LogP contribution in [0.1, 0.15) is 11.1 Å². The van der Waals surface area contributed by atoms with Crippen molar-refractivity contribution in [2.24, 2.45) is 0 Å². The van der Waals surface area contributed by atoms with Gasteiger partial charge in [-0.1, -0.05) is 46.3 Å². The number of benzene rings is 2. The van der Waals surface area contributed by atoms with Gasteiger partial charge in [0.15, 0.2) is 0 Å². The molecular formula is C17H14BrNO. The van der Waals surface area contributed by atoms with Gasteiger partial charge < -0.3 is 4.74 Å². The van der Waals surface area contributed by atoms with Gasteiger partial charge in [-0.2, -0.15) is 0 Å². The minimum absolute atomic E-state index is 0.550. The van der Waals surface area contributed by atoms with E-state index in [1.165, 1.54) is 5.56 Å². The summed E-state index contributed by atoms with van der Waals surface area (Å²) >= 11 is 3.46. The molecule has 0 aliphatic carbocycles. The first-order valence-electron chi connectivity index (χ1n) is 6.47. The van der Waals surface area contributed by atoms with E-state index in [-0.39, 0.29) is 0 Å². The standard InChI is InChI=1S/C17H14BrNO/c18-11-13-4-3-5-15(10-13)20-12-14-8-9-19-17-7-2-1-6-16(14)17/h1-10H,11-12H2. The molecule has 0 aliphatic rings. The van der Waals surface area contributed by atoms with E-state index in [2.05, 4.69) is 39.1 Å². The third-order valence-electron chi connectivity index (χ3n) is 3.19. The molecule has 0 unspecified atom stereocenters. The number of rotatable bonds is 4. The molecule has 0 N–H and O–H groups in total. The van der Waals surface area contributed by atoms with E-state index in [0.717, 1.165) is 27.5 Å². The number of para-hydroxylation sites is 1. The summed E-state index contributed by atoms with van der Waals surface area (Å²) in [5, 5.41) is 1.98. The zero-order valence-electron chi connectivity index (χ0n) is 10.9. The van der Waals surface area contributed by atoms with Gasteiger partial charge in [-0.15, -0.1) is 0 Å². The van der Waals surface area contributed by atoms with Crippen LogP contribution in [0.2, 0.25) is 0 Å². The number of halogens is 1. The van der Waals surface area contributed by atoms with E-state index in [1.54, 1.807) is 0 Å². The molecule has 20 heavy (non-hydrogen) atoms. The van der Waals surface area contributed by atoms with Gasteiger partial charge >= 0.3 is 0 Å². The van der Waals surface area contributed by atoms with E-state index in [1.807, 2.05) is 42.6 Å². The highest BCUT2D eigenvalue weighted by Gasteiger charge is 2.02. The Labute approximate surface area is 126 Å². The minimum Gasteiger partial charge on any atom is -0.489 e. The highest BCUT2D eigenvalue weighted by atomic mass is 79.9. The Kier molecular flexibility index (Phi) is 3.97. The van der Waals surface area contributed by atoms with Gasteiger partial charge in [-0.25, -0.2) is 0 Å². The average molecular weight is 328 g/mol. The third-order valence-corrected chi connectivity index (χ3v) is 3.83. The number of aromatic nitrogens is 1. The van der Waals surface area contributed by atoms with E-state index in [9.17, 15) is 0 Å². The van der Waals surface area contributed by atoms with Crippen LogP contribution in [-0.2, 0) is 11.9 Å². The predicted octanol–water partition coefficient (Wildman–Crippen LogP) is 4.71. The maximum atomic E-state index is 5.89. The molecule has 0 saturated heterocycles. The minimum atomic E-state index is 0.550. The molecular weight excluding hydrogens is 314 g/mol. The fourth-order valence-corrected chi connectivity index (χ4v) is 2.51. The van der Waals surface area contributed by atoms with Gasteiger partial charge in [0.2, 0.25) is 0 Å². The third kappa shape index (κ3) is 2.83. The molecule has 0 spiro atoms. The molecule has 2 nitrogen and oxygen atoms in total. The fourth-order valence-electron chi connectivity index (χ4n) is 2.16. The molecule has 1 heterocycles. The van der Waals surface area contributed by atoms with E-state index in [4.69, 9.17) is 4.74 Å². The lowest BCUT2D eigenvalue weighted by molar-refractivity contribution is 0.307. The Morgan fingerprint density at radius 1 is 1.00 bits per heavy atom. The van der Waals surface area contributed by atoms with Crippen LogP contribution < -0.4 is 4.74 Å². The predicted molar refractivity (Wildman–Crippen MR) is 85.1 cm³/mol. The first-order valence-corrected chi connectivity index (χ1v) is 7.59. The van der Waals surface area contributed by atoms with Gasteiger partial charge in [0.05, 0.1) is 5.52 Å². The molecule has 3 heteroatoms. The Bertz CT molecular complexity index is 722. The second-order valence-corrected chi connectivity index (χ2v) is 5.12. The lowest BCUT2D eigenvalue weighted by Crippen LogP contribution is -1.97. The average Bonchev–Trinajstić information content (AvgIpc) is 2.53. The number of alkyl halides is 1. The van der Waals surface area contributed by atoms with Gasteiger partial charge in [0, 0.05) is 22.5 Å². The van der Waals surface area contributed by atoms with Crippen LogP contribution in [0.3, 0.4) is 0 Å². The smallest absolute Gasteiger partial charge is 0.120 e. The Hall–Kier alpha value is -1.87. The quantitative estimate of drug-likeness (QED) is 0.647. The molecule has 0 amide bonds. The summed E-state index contributed by atoms with van der Waals surface area (Å²) in [6, 6.07) is 18.3. The van der Waals surface area contributed by atoms with Crippen LogP contribution in [-0.4, -0.2) is 4.98 Å². The van der Waals surface area contributed by atoms with Crippen molar-refractivity contribution in [2.45, 2.75) is 11.9 Å². The van der Waals surface area contributed by atoms with Gasteiger partial charge in [-0.3, -0.25) is 4.98 Å². The largest absolute Gasteiger partial charge is 0.489 e. The maximum Gasteiger partial charge on any atom is 0.120 e. The SMILES string of the molecule is BrCc1cccc(OCc2ccnc3ccccc23)c1. The van der Waals surface area contributed by atoms with Crippen LogP contribution in [0.25, 0.3) is 10.9 Å². The van der Waals surface area contributed by atoms with E-state index < -0.39 is 0 Å². The number of hydrogen-bond acceptors (Lipinski definition) is 2. The lowest BCUT2D eigenvalue weighted by Gasteiger charge is -2.09. The van der Waals surface area contributed by atoms with Crippen molar-refractivity contribution in [2.75, 3.05) is 0 Å². The van der Waals surface area contributed by atoms with Crippen LogP contribution in [0.15, 0.2) is 60.8 Å². The number of nitrogens with zero attached hydrogens (tertiary/aromatic N) is 1. The summed E-state index contributed by atoms with van der Waals surface area (Å²) in [6.45, 7) is 0.550. The van der Waals surface area contributed by atoms with Crippen LogP contribution >= 0.6 is 15.9 Å². The summed E-state index contributed by atoms with van der Waals surface area (Å²) in [6.07, 6.45) is 1.83. The summed E-state index contributed by atoms with van der Waals surface area (Å²) in [5.74, 6) is 0.892. The van der Waals surface area contributed by atoms with Crippen LogP contribution in [0, 0.1) is 0 Å². The molecule has 0 bridgehead atoms. The van der Waals surface area contributed by atoms with E-state index in [0.29, 0.717) is 6.61 Å². The molecule has 0 fully saturated rings. The summed E-state index contributed by atoms with van der Waals surface area (Å²) < 4.78 is 5.89. The number of ether oxygens (including phenoxy) is 1. The van der Waals surface area contributed by atoms with Crippen molar-refractivity contribution in [3.05, 3.63) is 71.9 Å². The van der Waals surface area contributed by atoms with Crippen molar-refractivity contribution in [3.8, 4) is 5.75 Å². The van der Waals surface area contributed by atoms with Crippen molar-refractivity contribution in [1.29, 1.82) is 0 Å². The molecule has 3 aromatic rings. The molecule has 100 valence electrons. The number of hydrogen-bond donors (Lipinski definition) is 0. The van der Waals surface area contributed by atoms with Crippen LogP contribution in [0.5, 0.6) is 5.75 Å².